The Labute approximate surface area is 159 Å². The first-order valence-electron chi connectivity index (χ1n) is 7.76. The van der Waals surface area contributed by atoms with Gasteiger partial charge in [-0.1, -0.05) is 35.0 Å². The normalized spacial score (nSPS) is 10.7. The monoisotopic (exact) mass is 381 g/mol. The largest absolute Gasteiger partial charge is 0.455 e. The van der Waals surface area contributed by atoms with Crippen LogP contribution >= 0.6 is 11.6 Å². The van der Waals surface area contributed by atoms with E-state index in [9.17, 15) is 10.1 Å². The van der Waals surface area contributed by atoms with Crippen LogP contribution in [-0.2, 0) is 11.4 Å². The highest BCUT2D eigenvalue weighted by atomic mass is 35.5. The lowest BCUT2D eigenvalue weighted by atomic mass is 10.1. The van der Waals surface area contributed by atoms with E-state index in [1.54, 1.807) is 30.3 Å². The fourth-order valence-corrected chi connectivity index (χ4v) is 2.54. The molecule has 3 aromatic rings. The van der Waals surface area contributed by atoms with E-state index in [0.29, 0.717) is 27.7 Å². The molecule has 0 aliphatic carbocycles. The number of nitrogens with zero attached hydrogens (tertiary/aromatic N) is 3. The zero-order valence-corrected chi connectivity index (χ0v) is 14.6. The maximum atomic E-state index is 10.9. The van der Waals surface area contributed by atoms with Gasteiger partial charge in [-0.25, -0.2) is 0 Å². The van der Waals surface area contributed by atoms with Crippen molar-refractivity contribution in [1.29, 1.82) is 5.26 Å². The Hall–Kier alpha value is -3.63. The van der Waals surface area contributed by atoms with Crippen LogP contribution in [0.5, 0.6) is 0 Å². The first-order valence-corrected chi connectivity index (χ1v) is 8.14. The van der Waals surface area contributed by atoms with Gasteiger partial charge in [-0.2, -0.15) is 5.26 Å². The number of benzene rings is 2. The average Bonchev–Trinajstić information content (AvgIpc) is 3.14. The summed E-state index contributed by atoms with van der Waals surface area (Å²) in [5.74, 6) is 0.765. The number of nitro groups is 1. The number of oxime groups is 1. The van der Waals surface area contributed by atoms with E-state index in [4.69, 9.17) is 26.1 Å². The van der Waals surface area contributed by atoms with Crippen LogP contribution in [-0.4, -0.2) is 11.1 Å². The summed E-state index contributed by atoms with van der Waals surface area (Å²) in [4.78, 5) is 15.6. The predicted octanol–water partition coefficient (Wildman–Crippen LogP) is 4.93. The maximum absolute atomic E-state index is 10.9. The molecule has 0 saturated carbocycles. The summed E-state index contributed by atoms with van der Waals surface area (Å²) < 4.78 is 5.59. The van der Waals surface area contributed by atoms with Crippen LogP contribution in [0, 0.1) is 21.4 Å². The number of nitro benzene ring substituents is 1. The van der Waals surface area contributed by atoms with Crippen molar-refractivity contribution < 1.29 is 14.2 Å². The number of rotatable bonds is 6. The van der Waals surface area contributed by atoms with Crippen LogP contribution < -0.4 is 0 Å². The van der Waals surface area contributed by atoms with Gasteiger partial charge in [0.25, 0.3) is 5.69 Å². The van der Waals surface area contributed by atoms with Gasteiger partial charge in [0.15, 0.2) is 0 Å². The minimum Gasteiger partial charge on any atom is -0.455 e. The summed E-state index contributed by atoms with van der Waals surface area (Å²) in [7, 11) is 0. The van der Waals surface area contributed by atoms with Crippen LogP contribution in [0.1, 0.15) is 16.9 Å². The molecule has 0 N–H and O–H groups in total. The van der Waals surface area contributed by atoms with E-state index in [2.05, 4.69) is 11.2 Å². The minimum atomic E-state index is -0.502. The highest BCUT2D eigenvalue weighted by Gasteiger charge is 2.14. The third kappa shape index (κ3) is 4.32. The average molecular weight is 382 g/mol. The Morgan fingerprint density at radius 2 is 2.07 bits per heavy atom. The number of hydrogen-bond donors (Lipinski definition) is 0. The molecule has 134 valence electrons. The van der Waals surface area contributed by atoms with E-state index >= 15 is 0 Å². The Bertz CT molecular complexity index is 1050. The zero-order valence-electron chi connectivity index (χ0n) is 13.8. The highest BCUT2D eigenvalue weighted by molar-refractivity contribution is 6.33. The Morgan fingerprint density at radius 1 is 1.26 bits per heavy atom. The third-order valence-electron chi connectivity index (χ3n) is 3.67. The molecule has 0 spiro atoms. The molecule has 0 unspecified atom stereocenters. The van der Waals surface area contributed by atoms with E-state index in [1.165, 1.54) is 24.4 Å². The van der Waals surface area contributed by atoms with Gasteiger partial charge in [0, 0.05) is 23.3 Å². The fraction of sp³-hybridized carbons (Fsp3) is 0.0526. The van der Waals surface area contributed by atoms with Crippen LogP contribution in [0.4, 0.5) is 5.69 Å². The third-order valence-corrected chi connectivity index (χ3v) is 3.99. The lowest BCUT2D eigenvalue weighted by Crippen LogP contribution is -1.91. The molecule has 1 aromatic heterocycles. The Kier molecular flexibility index (Phi) is 5.50. The second-order valence-corrected chi connectivity index (χ2v) is 5.81. The molecule has 0 aliphatic heterocycles. The summed E-state index contributed by atoms with van der Waals surface area (Å²) in [6, 6.07) is 16.5. The van der Waals surface area contributed by atoms with Gasteiger partial charge >= 0.3 is 0 Å². The molecule has 0 aliphatic rings. The number of furan rings is 1. The molecular formula is C19H12ClN3O4. The molecule has 2 aromatic carbocycles. The standard InChI is InChI=1S/C19H12ClN3O4/c20-18-7-5-15(23(24)25)9-17(18)19-8-6-16(27-19)11-22-26-12-14-4-2-1-3-13(14)10-21/h1-9,11H,12H2/b22-11-. The summed E-state index contributed by atoms with van der Waals surface area (Å²) >= 11 is 6.10. The molecule has 0 bridgehead atoms. The lowest BCUT2D eigenvalue weighted by molar-refractivity contribution is -0.384. The smallest absolute Gasteiger partial charge is 0.270 e. The second-order valence-electron chi connectivity index (χ2n) is 5.40. The van der Waals surface area contributed by atoms with Gasteiger partial charge in [-0.15, -0.1) is 0 Å². The van der Waals surface area contributed by atoms with Crippen molar-refractivity contribution in [1.82, 2.24) is 0 Å². The summed E-state index contributed by atoms with van der Waals surface area (Å²) in [6.07, 6.45) is 1.36. The van der Waals surface area contributed by atoms with E-state index in [1.807, 2.05) is 6.07 Å². The molecular weight excluding hydrogens is 370 g/mol. The highest BCUT2D eigenvalue weighted by Crippen LogP contribution is 2.32. The molecule has 0 saturated heterocycles. The van der Waals surface area contributed by atoms with Crippen LogP contribution in [0.3, 0.4) is 0 Å². The van der Waals surface area contributed by atoms with Gasteiger partial charge in [0.05, 0.1) is 21.6 Å². The first-order chi connectivity index (χ1) is 13.1. The van der Waals surface area contributed by atoms with Crippen molar-refractivity contribution in [2.24, 2.45) is 5.16 Å². The van der Waals surface area contributed by atoms with Gasteiger partial charge in [-0.3, -0.25) is 10.1 Å². The fourth-order valence-electron chi connectivity index (χ4n) is 2.33. The summed E-state index contributed by atoms with van der Waals surface area (Å²) in [5, 5.41) is 24.1. The molecule has 0 atom stereocenters. The van der Waals surface area contributed by atoms with Crippen LogP contribution in [0.25, 0.3) is 11.3 Å². The molecule has 27 heavy (non-hydrogen) atoms. The van der Waals surface area contributed by atoms with Gasteiger partial charge in [-0.05, 0) is 24.3 Å². The van der Waals surface area contributed by atoms with Crippen molar-refractivity contribution in [3.63, 3.8) is 0 Å². The number of nitriles is 1. The van der Waals surface area contributed by atoms with E-state index in [0.717, 1.165) is 5.56 Å². The zero-order chi connectivity index (χ0) is 19.2. The maximum Gasteiger partial charge on any atom is 0.270 e. The van der Waals surface area contributed by atoms with Crippen molar-refractivity contribution in [2.75, 3.05) is 0 Å². The van der Waals surface area contributed by atoms with Gasteiger partial charge in [0.1, 0.15) is 24.3 Å². The van der Waals surface area contributed by atoms with Crippen LogP contribution in [0.2, 0.25) is 5.02 Å². The number of halogens is 1. The minimum absolute atomic E-state index is 0.0829. The Morgan fingerprint density at radius 3 is 2.85 bits per heavy atom. The second kappa shape index (κ2) is 8.17. The van der Waals surface area contributed by atoms with Crippen molar-refractivity contribution >= 4 is 23.5 Å². The van der Waals surface area contributed by atoms with Crippen LogP contribution in [0.15, 0.2) is 64.2 Å². The van der Waals surface area contributed by atoms with Gasteiger partial charge in [0.2, 0.25) is 0 Å². The SMILES string of the molecule is N#Cc1ccccc1CO/N=C\c1ccc(-c2cc([N+](=O)[O-])ccc2Cl)o1. The van der Waals surface area contributed by atoms with Gasteiger partial charge < -0.3 is 9.25 Å². The lowest BCUT2D eigenvalue weighted by Gasteiger charge is -2.01. The van der Waals surface area contributed by atoms with E-state index < -0.39 is 4.92 Å². The molecule has 0 amide bonds. The Balaban J connectivity index is 1.70. The first kappa shape index (κ1) is 18.2. The number of non-ortho nitro benzene ring substituents is 1. The predicted molar refractivity (Wildman–Crippen MR) is 99.3 cm³/mol. The molecule has 3 rings (SSSR count). The molecule has 1 heterocycles. The molecule has 8 heteroatoms. The van der Waals surface area contributed by atoms with Crippen molar-refractivity contribution in [2.45, 2.75) is 6.61 Å². The van der Waals surface area contributed by atoms with Crippen molar-refractivity contribution in [3.05, 3.63) is 86.6 Å². The summed E-state index contributed by atoms with van der Waals surface area (Å²) in [6.45, 7) is 0.143. The number of hydrogen-bond acceptors (Lipinski definition) is 6. The quantitative estimate of drug-likeness (QED) is 0.342. The molecule has 0 fully saturated rings. The van der Waals surface area contributed by atoms with E-state index in [-0.39, 0.29) is 12.3 Å². The molecule has 0 radical (unpaired) electrons. The topological polar surface area (TPSA) is 102 Å². The molecule has 7 nitrogen and oxygen atoms in total. The van der Waals surface area contributed by atoms with Crippen molar-refractivity contribution in [3.8, 4) is 17.4 Å². The summed E-state index contributed by atoms with van der Waals surface area (Å²) in [5.41, 5.74) is 1.57.